The quantitative estimate of drug-likeness (QED) is 0.271. The van der Waals surface area contributed by atoms with Crippen LogP contribution in [0.4, 0.5) is 10.5 Å². The van der Waals surface area contributed by atoms with Crippen molar-refractivity contribution in [3.8, 4) is 11.4 Å². The van der Waals surface area contributed by atoms with Gasteiger partial charge in [0.25, 0.3) is 11.8 Å². The third-order valence-electron chi connectivity index (χ3n) is 6.51. The van der Waals surface area contributed by atoms with Crippen molar-refractivity contribution in [2.45, 2.75) is 27.4 Å². The zero-order chi connectivity index (χ0) is 26.8. The Morgan fingerprint density at radius 1 is 0.816 bits per heavy atom. The Morgan fingerprint density at radius 3 is 2.16 bits per heavy atom. The van der Waals surface area contributed by atoms with Crippen LogP contribution in [0.1, 0.15) is 28.1 Å². The maximum atomic E-state index is 13.3. The molecule has 5 rings (SSSR count). The topological polar surface area (TPSA) is 80.6 Å². The number of carbonyl (C=O) groups excluding carboxylic acids is 3. The number of hydrogen-bond donors (Lipinski definition) is 1. The van der Waals surface area contributed by atoms with E-state index < -0.39 is 17.8 Å². The number of rotatable bonds is 6. The highest BCUT2D eigenvalue weighted by Crippen LogP contribution is 2.27. The first-order valence-corrected chi connectivity index (χ1v) is 12.3. The number of imide groups is 2. The lowest BCUT2D eigenvalue weighted by molar-refractivity contribution is -0.122. The van der Waals surface area contributed by atoms with Crippen LogP contribution in [-0.4, -0.2) is 22.4 Å². The van der Waals surface area contributed by atoms with Crippen molar-refractivity contribution < 1.29 is 19.1 Å². The second-order valence-corrected chi connectivity index (χ2v) is 9.22. The van der Waals surface area contributed by atoms with E-state index in [-0.39, 0.29) is 5.57 Å². The molecule has 1 aromatic heterocycles. The first kappa shape index (κ1) is 24.8. The van der Waals surface area contributed by atoms with Crippen molar-refractivity contribution >= 4 is 29.6 Å². The molecule has 190 valence electrons. The van der Waals surface area contributed by atoms with Crippen molar-refractivity contribution in [1.82, 2.24) is 9.88 Å². The Morgan fingerprint density at radius 2 is 1.47 bits per heavy atom. The van der Waals surface area contributed by atoms with Crippen LogP contribution in [-0.2, 0) is 16.2 Å². The first-order valence-electron chi connectivity index (χ1n) is 12.3. The molecule has 1 aliphatic rings. The molecule has 1 saturated heterocycles. The molecule has 0 atom stereocenters. The van der Waals surface area contributed by atoms with Gasteiger partial charge in [-0.1, -0.05) is 48.0 Å². The van der Waals surface area contributed by atoms with Gasteiger partial charge in [-0.2, -0.15) is 0 Å². The summed E-state index contributed by atoms with van der Waals surface area (Å²) in [5, 5.41) is 2.28. The Bertz CT molecular complexity index is 1550. The van der Waals surface area contributed by atoms with E-state index in [0.717, 1.165) is 38.9 Å². The smallest absolute Gasteiger partial charge is 0.335 e. The van der Waals surface area contributed by atoms with Gasteiger partial charge in [-0.25, -0.2) is 9.69 Å². The predicted molar refractivity (Wildman–Crippen MR) is 146 cm³/mol. The van der Waals surface area contributed by atoms with Gasteiger partial charge in [0.15, 0.2) is 0 Å². The molecule has 0 spiro atoms. The van der Waals surface area contributed by atoms with E-state index in [1.54, 1.807) is 30.3 Å². The van der Waals surface area contributed by atoms with Gasteiger partial charge in [-0.3, -0.25) is 14.9 Å². The van der Waals surface area contributed by atoms with Crippen LogP contribution in [0, 0.1) is 20.8 Å². The molecular weight excluding hydrogens is 478 g/mol. The van der Waals surface area contributed by atoms with Crippen molar-refractivity contribution in [1.29, 1.82) is 0 Å². The molecular formula is C31H27N3O4. The molecule has 0 radical (unpaired) electrons. The van der Waals surface area contributed by atoms with Crippen LogP contribution in [0.2, 0.25) is 0 Å². The monoisotopic (exact) mass is 505 g/mol. The van der Waals surface area contributed by atoms with Crippen LogP contribution in [0.15, 0.2) is 90.5 Å². The van der Waals surface area contributed by atoms with Crippen LogP contribution in [0.25, 0.3) is 11.8 Å². The number of nitrogens with zero attached hydrogens (tertiary/aromatic N) is 2. The minimum Gasteiger partial charge on any atom is -0.489 e. The highest BCUT2D eigenvalue weighted by Gasteiger charge is 2.37. The third-order valence-corrected chi connectivity index (χ3v) is 6.51. The second kappa shape index (κ2) is 10.2. The lowest BCUT2D eigenvalue weighted by Crippen LogP contribution is -2.54. The zero-order valence-corrected chi connectivity index (χ0v) is 21.4. The molecule has 1 fully saturated rings. The number of nitrogens with one attached hydrogen (secondary N) is 1. The third kappa shape index (κ3) is 4.86. The summed E-state index contributed by atoms with van der Waals surface area (Å²) in [6.45, 7) is 6.28. The molecule has 7 nitrogen and oxygen atoms in total. The standard InChI is InChI=1S/C31H27N3O4/c1-20-9-11-26(12-10-20)34-30(36)28(29(35)32-31(34)37)18-24-17-21(2)33(22(24)3)25-13-15-27(16-14-25)38-19-23-7-5-4-6-8-23/h4-18H,19H2,1-3H3,(H,32,35,37)/b28-18+. The fourth-order valence-electron chi connectivity index (χ4n) is 4.50. The highest BCUT2D eigenvalue weighted by molar-refractivity contribution is 6.39. The second-order valence-electron chi connectivity index (χ2n) is 9.22. The summed E-state index contributed by atoms with van der Waals surface area (Å²) in [6, 6.07) is 25.9. The number of ether oxygens (including phenoxy) is 1. The number of carbonyl (C=O) groups is 3. The van der Waals surface area contributed by atoms with E-state index in [4.69, 9.17) is 4.74 Å². The molecule has 0 unspecified atom stereocenters. The van der Waals surface area contributed by atoms with Crippen molar-refractivity contribution in [2.24, 2.45) is 0 Å². The molecule has 0 saturated carbocycles. The fourth-order valence-corrected chi connectivity index (χ4v) is 4.50. The van der Waals surface area contributed by atoms with E-state index in [0.29, 0.717) is 17.9 Å². The average molecular weight is 506 g/mol. The SMILES string of the molecule is Cc1ccc(N2C(=O)NC(=O)/C(=C\c3cc(C)n(-c4ccc(OCc5ccccc5)cc4)c3C)C2=O)cc1. The lowest BCUT2D eigenvalue weighted by atomic mass is 10.1. The van der Waals surface area contributed by atoms with Crippen LogP contribution >= 0.6 is 0 Å². The predicted octanol–water partition coefficient (Wildman–Crippen LogP) is 5.65. The maximum absolute atomic E-state index is 13.3. The lowest BCUT2D eigenvalue weighted by Gasteiger charge is -2.26. The van der Waals surface area contributed by atoms with Gasteiger partial charge in [0.1, 0.15) is 17.9 Å². The van der Waals surface area contributed by atoms with Crippen molar-refractivity contribution in [2.75, 3.05) is 4.90 Å². The summed E-state index contributed by atoms with van der Waals surface area (Å²) in [4.78, 5) is 39.4. The molecule has 0 bridgehead atoms. The number of anilines is 1. The number of aryl methyl sites for hydroxylation is 2. The Balaban J connectivity index is 1.40. The van der Waals surface area contributed by atoms with Crippen LogP contribution in [0.3, 0.4) is 0 Å². The molecule has 1 N–H and O–H groups in total. The maximum Gasteiger partial charge on any atom is 0.335 e. The number of benzene rings is 3. The first-order chi connectivity index (χ1) is 18.3. The Hall–Kier alpha value is -4.91. The summed E-state index contributed by atoms with van der Waals surface area (Å²) >= 11 is 0. The summed E-state index contributed by atoms with van der Waals surface area (Å²) in [6.07, 6.45) is 1.54. The van der Waals surface area contributed by atoms with E-state index in [1.807, 2.05) is 86.0 Å². The molecule has 1 aliphatic heterocycles. The van der Waals surface area contributed by atoms with Gasteiger partial charge in [-0.05, 0) is 80.4 Å². The summed E-state index contributed by atoms with van der Waals surface area (Å²) in [5.41, 5.74) is 5.81. The van der Waals surface area contributed by atoms with Gasteiger partial charge >= 0.3 is 6.03 Å². The van der Waals surface area contributed by atoms with Crippen LogP contribution in [0.5, 0.6) is 5.75 Å². The van der Waals surface area contributed by atoms with Gasteiger partial charge < -0.3 is 9.30 Å². The Kier molecular flexibility index (Phi) is 6.66. The normalized spacial score (nSPS) is 14.7. The van der Waals surface area contributed by atoms with E-state index in [9.17, 15) is 14.4 Å². The molecule has 2 heterocycles. The minimum absolute atomic E-state index is 0.102. The van der Waals surface area contributed by atoms with Crippen molar-refractivity contribution in [3.63, 3.8) is 0 Å². The molecule has 3 aromatic carbocycles. The van der Waals surface area contributed by atoms with E-state index in [2.05, 4.69) is 5.32 Å². The summed E-state index contributed by atoms with van der Waals surface area (Å²) < 4.78 is 7.94. The van der Waals surface area contributed by atoms with Gasteiger partial charge in [-0.15, -0.1) is 0 Å². The van der Waals surface area contributed by atoms with E-state index >= 15 is 0 Å². The number of urea groups is 1. The average Bonchev–Trinajstić information content (AvgIpc) is 3.19. The largest absolute Gasteiger partial charge is 0.489 e. The number of barbiturate groups is 1. The van der Waals surface area contributed by atoms with Gasteiger partial charge in [0.05, 0.1) is 5.69 Å². The Labute approximate surface area is 221 Å². The molecule has 4 aromatic rings. The fraction of sp³-hybridized carbons (Fsp3) is 0.129. The number of aromatic nitrogens is 1. The molecule has 4 amide bonds. The van der Waals surface area contributed by atoms with Gasteiger partial charge in [0.2, 0.25) is 0 Å². The summed E-state index contributed by atoms with van der Waals surface area (Å²) in [7, 11) is 0. The molecule has 0 aliphatic carbocycles. The zero-order valence-electron chi connectivity index (χ0n) is 21.4. The van der Waals surface area contributed by atoms with E-state index in [1.165, 1.54) is 0 Å². The van der Waals surface area contributed by atoms with Crippen LogP contribution < -0.4 is 15.0 Å². The van der Waals surface area contributed by atoms with Crippen molar-refractivity contribution in [3.05, 3.63) is 119 Å². The molecule has 38 heavy (non-hydrogen) atoms. The summed E-state index contributed by atoms with van der Waals surface area (Å²) in [5.74, 6) is -0.617. The minimum atomic E-state index is -0.763. The highest BCUT2D eigenvalue weighted by atomic mass is 16.5. The number of hydrogen-bond acceptors (Lipinski definition) is 4. The number of amides is 4. The molecule has 7 heteroatoms. The van der Waals surface area contributed by atoms with Gasteiger partial charge in [0, 0.05) is 17.1 Å².